The van der Waals surface area contributed by atoms with Crippen LogP contribution in [-0.4, -0.2) is 71.9 Å². The SMILES string of the molecule is C=CCCOC(=O)[C@H]1[C@H]2C(=O)N([C@H](CO)c3ccccc3)C(C(=O)N(CC=C)c3ccc(OC)cc3)C23CC(C)[C@]1(C)O3. The van der Waals surface area contributed by atoms with Gasteiger partial charge in [0.05, 0.1) is 37.9 Å². The third-order valence-electron chi connectivity index (χ3n) is 9.46. The minimum absolute atomic E-state index is 0.136. The third-order valence-corrected chi connectivity index (χ3v) is 9.46. The van der Waals surface area contributed by atoms with Gasteiger partial charge < -0.3 is 29.1 Å². The molecule has 2 aromatic carbocycles. The number of carbonyl (C=O) groups excluding carboxylic acids is 3. The number of aliphatic hydroxyl groups is 1. The molecule has 0 aliphatic carbocycles. The number of amides is 2. The molecule has 5 rings (SSSR count). The van der Waals surface area contributed by atoms with Crippen molar-refractivity contribution >= 4 is 23.5 Å². The molecule has 3 unspecified atom stereocenters. The highest BCUT2D eigenvalue weighted by Crippen LogP contribution is 2.66. The van der Waals surface area contributed by atoms with Crippen LogP contribution in [0.5, 0.6) is 5.75 Å². The average Bonchev–Trinajstić information content (AvgIpc) is 3.53. The van der Waals surface area contributed by atoms with Crippen molar-refractivity contribution in [2.75, 3.05) is 31.8 Å². The Bertz CT molecular complexity index is 1380. The standard InChI is InChI=1S/C34H40N2O7/c1-6-8-19-42-32(40)28-27-30(38)36(26(21-37)23-12-10-9-11-13-23)29(34(27)20-22(3)33(28,4)43-34)31(39)35(18-7-2)24-14-16-25(41-5)17-15-24/h6-7,9-17,22,26-29,37H,1-2,8,18-21H2,3-5H3/t22?,26-,27+,28-,29?,33+,34?/m1/s1. The van der Waals surface area contributed by atoms with Crippen molar-refractivity contribution in [3.05, 3.63) is 85.5 Å². The Morgan fingerprint density at radius 1 is 1.16 bits per heavy atom. The summed E-state index contributed by atoms with van der Waals surface area (Å²) in [5.74, 6) is -2.71. The van der Waals surface area contributed by atoms with Gasteiger partial charge in [-0.25, -0.2) is 0 Å². The number of aliphatic hydroxyl groups excluding tert-OH is 1. The largest absolute Gasteiger partial charge is 0.497 e. The number of rotatable bonds is 12. The lowest BCUT2D eigenvalue weighted by Crippen LogP contribution is -2.57. The Labute approximate surface area is 252 Å². The number of nitrogens with zero attached hydrogens (tertiary/aromatic N) is 2. The van der Waals surface area contributed by atoms with E-state index in [1.54, 1.807) is 48.4 Å². The van der Waals surface area contributed by atoms with Crippen LogP contribution in [0.3, 0.4) is 0 Å². The Balaban J connectivity index is 1.65. The molecule has 228 valence electrons. The molecule has 9 nitrogen and oxygen atoms in total. The first-order chi connectivity index (χ1) is 20.7. The Hall–Kier alpha value is -3.95. The van der Waals surface area contributed by atoms with Gasteiger partial charge in [-0.2, -0.15) is 0 Å². The lowest BCUT2D eigenvalue weighted by Gasteiger charge is -2.39. The lowest BCUT2D eigenvalue weighted by molar-refractivity contribution is -0.162. The highest BCUT2D eigenvalue weighted by molar-refractivity contribution is 6.05. The number of hydrogen-bond acceptors (Lipinski definition) is 7. The number of esters is 1. The normalized spacial score (nSPS) is 29.6. The predicted molar refractivity (Wildman–Crippen MR) is 161 cm³/mol. The quantitative estimate of drug-likeness (QED) is 0.226. The van der Waals surface area contributed by atoms with Crippen molar-refractivity contribution in [1.29, 1.82) is 0 Å². The molecule has 9 heteroatoms. The van der Waals surface area contributed by atoms with Crippen LogP contribution in [0.1, 0.15) is 38.3 Å². The maximum atomic E-state index is 14.9. The van der Waals surface area contributed by atoms with Crippen molar-refractivity contribution in [3.8, 4) is 5.75 Å². The molecule has 3 aliphatic rings. The molecule has 2 aromatic rings. The summed E-state index contributed by atoms with van der Waals surface area (Å²) in [5.41, 5.74) is -1.06. The molecule has 0 aromatic heterocycles. The maximum Gasteiger partial charge on any atom is 0.312 e. The summed E-state index contributed by atoms with van der Waals surface area (Å²) in [4.78, 5) is 46.2. The van der Waals surface area contributed by atoms with Gasteiger partial charge >= 0.3 is 5.97 Å². The Morgan fingerprint density at radius 2 is 1.86 bits per heavy atom. The summed E-state index contributed by atoms with van der Waals surface area (Å²) >= 11 is 0. The zero-order valence-electron chi connectivity index (χ0n) is 25.0. The third kappa shape index (κ3) is 4.84. The zero-order chi connectivity index (χ0) is 30.9. The topological polar surface area (TPSA) is 106 Å². The number of benzene rings is 2. The molecule has 3 saturated heterocycles. The molecule has 7 atom stereocenters. The van der Waals surface area contributed by atoms with E-state index in [0.29, 0.717) is 29.8 Å². The molecule has 2 bridgehead atoms. The Kier molecular flexibility index (Phi) is 8.49. The van der Waals surface area contributed by atoms with Crippen molar-refractivity contribution in [1.82, 2.24) is 4.90 Å². The highest BCUT2D eigenvalue weighted by atomic mass is 16.6. The van der Waals surface area contributed by atoms with Gasteiger partial charge in [0.15, 0.2) is 0 Å². The number of ether oxygens (including phenoxy) is 3. The molecular formula is C34H40N2O7. The predicted octanol–water partition coefficient (Wildman–Crippen LogP) is 4.08. The van der Waals surface area contributed by atoms with Gasteiger partial charge in [-0.3, -0.25) is 14.4 Å². The van der Waals surface area contributed by atoms with E-state index >= 15 is 0 Å². The van der Waals surface area contributed by atoms with Crippen LogP contribution >= 0.6 is 0 Å². The zero-order valence-corrected chi connectivity index (χ0v) is 25.0. The summed E-state index contributed by atoms with van der Waals surface area (Å²) in [5, 5.41) is 10.7. The van der Waals surface area contributed by atoms with Crippen molar-refractivity contribution in [2.45, 2.75) is 50.0 Å². The van der Waals surface area contributed by atoms with E-state index in [2.05, 4.69) is 13.2 Å². The van der Waals surface area contributed by atoms with Gasteiger partial charge in [-0.1, -0.05) is 49.4 Å². The van der Waals surface area contributed by atoms with E-state index in [1.165, 1.54) is 4.90 Å². The molecule has 3 heterocycles. The molecule has 3 aliphatic heterocycles. The average molecular weight is 589 g/mol. The summed E-state index contributed by atoms with van der Waals surface area (Å²) in [6, 6.07) is 14.2. The summed E-state index contributed by atoms with van der Waals surface area (Å²) < 4.78 is 17.8. The van der Waals surface area contributed by atoms with Crippen LogP contribution in [0, 0.1) is 17.8 Å². The summed E-state index contributed by atoms with van der Waals surface area (Å²) in [6.07, 6.45) is 4.14. The van der Waals surface area contributed by atoms with E-state index in [4.69, 9.17) is 14.2 Å². The van der Waals surface area contributed by atoms with Gasteiger partial charge in [0.1, 0.15) is 23.3 Å². The first-order valence-corrected chi connectivity index (χ1v) is 14.7. The second-order valence-corrected chi connectivity index (χ2v) is 11.7. The second-order valence-electron chi connectivity index (χ2n) is 11.7. The van der Waals surface area contributed by atoms with Crippen molar-refractivity contribution in [3.63, 3.8) is 0 Å². The van der Waals surface area contributed by atoms with Gasteiger partial charge in [0.2, 0.25) is 5.91 Å². The molecule has 3 fully saturated rings. The number of methoxy groups -OCH3 is 1. The van der Waals surface area contributed by atoms with Crippen LogP contribution < -0.4 is 9.64 Å². The first-order valence-electron chi connectivity index (χ1n) is 14.7. The molecule has 1 spiro atoms. The van der Waals surface area contributed by atoms with Crippen LogP contribution in [0.2, 0.25) is 0 Å². The fraction of sp³-hybridized carbons (Fsp3) is 0.441. The van der Waals surface area contributed by atoms with Gasteiger partial charge in [-0.05, 0) is 55.5 Å². The highest BCUT2D eigenvalue weighted by Gasteiger charge is 2.81. The van der Waals surface area contributed by atoms with Crippen LogP contribution in [-0.2, 0) is 23.9 Å². The number of hydrogen-bond donors (Lipinski definition) is 1. The van der Waals surface area contributed by atoms with E-state index in [1.807, 2.05) is 44.2 Å². The molecular weight excluding hydrogens is 548 g/mol. The van der Waals surface area contributed by atoms with Gasteiger partial charge in [0, 0.05) is 12.2 Å². The molecule has 0 radical (unpaired) electrons. The van der Waals surface area contributed by atoms with Crippen LogP contribution in [0.15, 0.2) is 79.9 Å². The smallest absolute Gasteiger partial charge is 0.312 e. The van der Waals surface area contributed by atoms with E-state index < -0.39 is 53.6 Å². The van der Waals surface area contributed by atoms with E-state index in [0.717, 1.165) is 0 Å². The molecule has 2 amide bonds. The summed E-state index contributed by atoms with van der Waals surface area (Å²) in [6.45, 7) is 11.3. The van der Waals surface area contributed by atoms with Gasteiger partial charge in [-0.15, -0.1) is 13.2 Å². The van der Waals surface area contributed by atoms with E-state index in [-0.39, 0.29) is 25.0 Å². The number of fused-ring (bicyclic) bond motifs is 1. The van der Waals surface area contributed by atoms with Gasteiger partial charge in [0.25, 0.3) is 5.91 Å². The monoisotopic (exact) mass is 588 g/mol. The fourth-order valence-electron chi connectivity index (χ4n) is 7.37. The molecule has 0 saturated carbocycles. The molecule has 1 N–H and O–H groups in total. The Morgan fingerprint density at radius 3 is 2.47 bits per heavy atom. The van der Waals surface area contributed by atoms with E-state index in [9.17, 15) is 19.5 Å². The second kappa shape index (κ2) is 12.0. The first kappa shape index (κ1) is 30.5. The summed E-state index contributed by atoms with van der Waals surface area (Å²) in [7, 11) is 1.57. The molecule has 43 heavy (non-hydrogen) atoms. The van der Waals surface area contributed by atoms with Crippen LogP contribution in [0.25, 0.3) is 0 Å². The number of carbonyl (C=O) groups is 3. The minimum Gasteiger partial charge on any atom is -0.497 e. The fourth-order valence-corrected chi connectivity index (χ4v) is 7.37. The number of anilines is 1. The van der Waals surface area contributed by atoms with Crippen LogP contribution in [0.4, 0.5) is 5.69 Å². The lowest BCUT2D eigenvalue weighted by atomic mass is 9.62. The van der Waals surface area contributed by atoms with Crippen molar-refractivity contribution in [2.24, 2.45) is 17.8 Å². The number of likely N-dealkylation sites (tertiary alicyclic amines) is 1. The minimum atomic E-state index is -1.31. The van der Waals surface area contributed by atoms with Crippen molar-refractivity contribution < 1.29 is 33.7 Å². The maximum absolute atomic E-state index is 14.9.